The number of methoxy groups -OCH3 is 3. The van der Waals surface area contributed by atoms with E-state index in [1.165, 1.54) is 7.11 Å². The zero-order valence-electron chi connectivity index (χ0n) is 17.6. The summed E-state index contributed by atoms with van der Waals surface area (Å²) in [6, 6.07) is 11.1. The van der Waals surface area contributed by atoms with E-state index in [-0.39, 0.29) is 17.3 Å². The third-order valence-corrected chi connectivity index (χ3v) is 6.69. The number of thioether (sulfide) groups is 1. The Kier molecular flexibility index (Phi) is 6.08. The van der Waals surface area contributed by atoms with Crippen LogP contribution in [0.1, 0.15) is 33.3 Å². The number of hydrogen-bond acceptors (Lipinski definition) is 6. The highest BCUT2D eigenvalue weighted by molar-refractivity contribution is 7.99. The summed E-state index contributed by atoms with van der Waals surface area (Å²) in [5, 5.41) is 0.817. The Balaban J connectivity index is 1.71. The molecule has 0 saturated carbocycles. The first-order chi connectivity index (χ1) is 15.1. The molecule has 1 N–H and O–H groups in total. The van der Waals surface area contributed by atoms with Crippen molar-refractivity contribution < 1.29 is 23.8 Å². The zero-order chi connectivity index (χ0) is 22.0. The molecule has 7 nitrogen and oxygen atoms in total. The molecule has 1 unspecified atom stereocenters. The van der Waals surface area contributed by atoms with Gasteiger partial charge in [-0.15, -0.1) is 11.8 Å². The summed E-state index contributed by atoms with van der Waals surface area (Å²) >= 11 is 1.73. The van der Waals surface area contributed by atoms with Gasteiger partial charge in [-0.25, -0.2) is 4.79 Å². The van der Waals surface area contributed by atoms with E-state index in [1.54, 1.807) is 38.1 Å². The lowest BCUT2D eigenvalue weighted by atomic mass is 10.1. The van der Waals surface area contributed by atoms with Crippen molar-refractivity contribution in [1.29, 1.82) is 0 Å². The molecule has 31 heavy (non-hydrogen) atoms. The van der Waals surface area contributed by atoms with E-state index in [0.717, 1.165) is 27.8 Å². The van der Waals surface area contributed by atoms with Gasteiger partial charge in [-0.2, -0.15) is 0 Å². The van der Waals surface area contributed by atoms with Gasteiger partial charge in [0.2, 0.25) is 5.91 Å². The first-order valence-electron chi connectivity index (χ1n) is 9.87. The molecule has 0 bridgehead atoms. The van der Waals surface area contributed by atoms with E-state index in [2.05, 4.69) is 4.98 Å². The van der Waals surface area contributed by atoms with Crippen LogP contribution in [0.3, 0.4) is 0 Å². The number of benzene rings is 2. The van der Waals surface area contributed by atoms with Gasteiger partial charge in [-0.3, -0.25) is 4.79 Å². The van der Waals surface area contributed by atoms with Crippen LogP contribution in [-0.4, -0.2) is 48.8 Å². The average Bonchev–Trinajstić information content (AvgIpc) is 3.22. The van der Waals surface area contributed by atoms with Gasteiger partial charge in [0.05, 0.1) is 33.4 Å². The Labute approximate surface area is 184 Å². The third-order valence-electron chi connectivity index (χ3n) is 5.42. The van der Waals surface area contributed by atoms with Crippen LogP contribution in [0.4, 0.5) is 0 Å². The molecule has 0 radical (unpaired) electrons. The molecule has 162 valence electrons. The van der Waals surface area contributed by atoms with E-state index >= 15 is 0 Å². The lowest BCUT2D eigenvalue weighted by Crippen LogP contribution is -2.36. The van der Waals surface area contributed by atoms with Crippen LogP contribution in [-0.2, 0) is 16.1 Å². The minimum Gasteiger partial charge on any atom is -0.493 e. The average molecular weight is 441 g/mol. The van der Waals surface area contributed by atoms with Crippen molar-refractivity contribution in [2.45, 2.75) is 18.3 Å². The molecule has 0 aliphatic carbocycles. The first-order valence-corrected chi connectivity index (χ1v) is 10.9. The second-order valence-electron chi connectivity index (χ2n) is 7.14. The molecule has 1 fully saturated rings. The Hall–Kier alpha value is -3.13. The third kappa shape index (κ3) is 3.95. The van der Waals surface area contributed by atoms with E-state index in [0.29, 0.717) is 30.0 Å². The van der Waals surface area contributed by atoms with Crippen molar-refractivity contribution >= 4 is 34.5 Å². The van der Waals surface area contributed by atoms with Crippen LogP contribution in [0.5, 0.6) is 11.5 Å². The zero-order valence-corrected chi connectivity index (χ0v) is 18.5. The number of aromatic amines is 1. The molecule has 1 saturated heterocycles. The fourth-order valence-corrected chi connectivity index (χ4v) is 5.17. The number of carbonyl (C=O) groups is 2. The van der Waals surface area contributed by atoms with Gasteiger partial charge in [-0.1, -0.05) is 18.2 Å². The number of esters is 1. The smallest absolute Gasteiger partial charge is 0.337 e. The standard InChI is InChI=1S/C23H24N2O5S/c1-28-19-6-4-5-15(21(19)29-2)13-25-20(26)9-10-31-22(25)17-12-24-18-11-14(23(27)30-3)7-8-16(17)18/h4-8,11-12,22,24H,9-10,13H2,1-3H3. The van der Waals surface area contributed by atoms with Gasteiger partial charge in [0, 0.05) is 40.4 Å². The number of amides is 1. The number of ether oxygens (including phenoxy) is 3. The van der Waals surface area contributed by atoms with Gasteiger partial charge in [0.25, 0.3) is 0 Å². The minimum absolute atomic E-state index is 0.0918. The second-order valence-corrected chi connectivity index (χ2v) is 8.33. The van der Waals surface area contributed by atoms with Crippen molar-refractivity contribution in [1.82, 2.24) is 9.88 Å². The van der Waals surface area contributed by atoms with Crippen molar-refractivity contribution in [3.63, 3.8) is 0 Å². The van der Waals surface area contributed by atoms with Crippen LogP contribution in [0.25, 0.3) is 10.9 Å². The van der Waals surface area contributed by atoms with Gasteiger partial charge < -0.3 is 24.1 Å². The summed E-state index contributed by atoms with van der Waals surface area (Å²) in [7, 11) is 4.56. The molecular weight excluding hydrogens is 416 g/mol. The normalized spacial score (nSPS) is 16.4. The number of para-hydroxylation sites is 1. The highest BCUT2D eigenvalue weighted by atomic mass is 32.2. The Morgan fingerprint density at radius 3 is 2.77 bits per heavy atom. The largest absolute Gasteiger partial charge is 0.493 e. The van der Waals surface area contributed by atoms with E-state index in [1.807, 2.05) is 35.4 Å². The fourth-order valence-electron chi connectivity index (χ4n) is 3.91. The molecule has 0 spiro atoms. The number of fused-ring (bicyclic) bond motifs is 1. The Morgan fingerprint density at radius 1 is 1.19 bits per heavy atom. The number of nitrogens with zero attached hydrogens (tertiary/aromatic N) is 1. The summed E-state index contributed by atoms with van der Waals surface area (Å²) in [5.74, 6) is 1.73. The number of aromatic nitrogens is 1. The summed E-state index contributed by atoms with van der Waals surface area (Å²) < 4.78 is 15.8. The molecule has 1 aliphatic rings. The maximum Gasteiger partial charge on any atom is 0.337 e. The van der Waals surface area contributed by atoms with Crippen LogP contribution < -0.4 is 9.47 Å². The molecule has 8 heteroatoms. The molecule has 2 heterocycles. The highest BCUT2D eigenvalue weighted by Gasteiger charge is 2.32. The molecule has 1 aliphatic heterocycles. The minimum atomic E-state index is -0.382. The van der Waals surface area contributed by atoms with Gasteiger partial charge in [0.15, 0.2) is 11.5 Å². The molecular formula is C23H24N2O5S. The van der Waals surface area contributed by atoms with Gasteiger partial charge in [0.1, 0.15) is 5.37 Å². The summed E-state index contributed by atoms with van der Waals surface area (Å²) in [6.07, 6.45) is 2.40. The van der Waals surface area contributed by atoms with Crippen molar-refractivity contribution in [2.75, 3.05) is 27.1 Å². The summed E-state index contributed by atoms with van der Waals surface area (Å²) in [5.41, 5.74) is 3.20. The van der Waals surface area contributed by atoms with Gasteiger partial charge in [-0.05, 0) is 18.2 Å². The van der Waals surface area contributed by atoms with Crippen molar-refractivity contribution in [3.8, 4) is 11.5 Å². The number of H-pyrrole nitrogens is 1. The quantitative estimate of drug-likeness (QED) is 0.581. The SMILES string of the molecule is COC(=O)c1ccc2c(C3SCCC(=O)N3Cc3cccc(OC)c3OC)c[nH]c2c1. The van der Waals surface area contributed by atoms with E-state index in [9.17, 15) is 9.59 Å². The van der Waals surface area contributed by atoms with Crippen LogP contribution in [0.2, 0.25) is 0 Å². The fraction of sp³-hybridized carbons (Fsp3) is 0.304. The summed E-state index contributed by atoms with van der Waals surface area (Å²) in [4.78, 5) is 29.9. The molecule has 1 aromatic heterocycles. The highest BCUT2D eigenvalue weighted by Crippen LogP contribution is 2.42. The molecule has 3 aromatic rings. The number of hydrogen-bond donors (Lipinski definition) is 1. The predicted molar refractivity (Wildman–Crippen MR) is 120 cm³/mol. The molecule has 1 atom stereocenters. The number of carbonyl (C=O) groups excluding carboxylic acids is 2. The molecule has 2 aromatic carbocycles. The van der Waals surface area contributed by atoms with E-state index in [4.69, 9.17) is 14.2 Å². The second kappa shape index (κ2) is 8.93. The van der Waals surface area contributed by atoms with Crippen molar-refractivity contribution in [3.05, 3.63) is 59.3 Å². The Bertz CT molecular complexity index is 1130. The lowest BCUT2D eigenvalue weighted by molar-refractivity contribution is -0.132. The van der Waals surface area contributed by atoms with E-state index < -0.39 is 0 Å². The van der Waals surface area contributed by atoms with Crippen LogP contribution in [0.15, 0.2) is 42.6 Å². The van der Waals surface area contributed by atoms with Gasteiger partial charge >= 0.3 is 5.97 Å². The van der Waals surface area contributed by atoms with Crippen LogP contribution in [0, 0.1) is 0 Å². The first kappa shape index (κ1) is 21.1. The topological polar surface area (TPSA) is 80.9 Å². The monoisotopic (exact) mass is 440 g/mol. The summed E-state index contributed by atoms with van der Waals surface area (Å²) in [6.45, 7) is 0.407. The molecule has 4 rings (SSSR count). The molecule has 1 amide bonds. The van der Waals surface area contributed by atoms with Crippen molar-refractivity contribution in [2.24, 2.45) is 0 Å². The van der Waals surface area contributed by atoms with Crippen LogP contribution >= 0.6 is 11.8 Å². The maximum atomic E-state index is 12.9. The number of rotatable bonds is 6. The maximum absolute atomic E-state index is 12.9. The number of nitrogens with one attached hydrogen (secondary N) is 1. The Morgan fingerprint density at radius 2 is 2.03 bits per heavy atom. The lowest BCUT2D eigenvalue weighted by Gasteiger charge is -2.35. The predicted octanol–water partition coefficient (Wildman–Crippen LogP) is 4.14.